The van der Waals surface area contributed by atoms with Gasteiger partial charge in [-0.05, 0) is 25.5 Å². The van der Waals surface area contributed by atoms with E-state index in [2.05, 4.69) is 0 Å². The second-order valence-electron chi connectivity index (χ2n) is 6.57. The maximum atomic E-state index is 12.0. The van der Waals surface area contributed by atoms with Gasteiger partial charge < -0.3 is 23.7 Å². The van der Waals surface area contributed by atoms with Crippen LogP contribution in [0, 0.1) is 0 Å². The summed E-state index contributed by atoms with van der Waals surface area (Å²) in [6.45, 7) is 7.51. The summed E-state index contributed by atoms with van der Waals surface area (Å²) in [6, 6.07) is 9.29. The largest absolute Gasteiger partial charge is 0.454 e. The van der Waals surface area contributed by atoms with Crippen LogP contribution in [0.3, 0.4) is 0 Å². The Morgan fingerprint density at radius 1 is 1.07 bits per heavy atom. The van der Waals surface area contributed by atoms with Gasteiger partial charge in [0, 0.05) is 6.08 Å². The molecule has 5 atom stereocenters. The summed E-state index contributed by atoms with van der Waals surface area (Å²) in [5.74, 6) is -2.09. The first-order valence-corrected chi connectivity index (χ1v) is 9.08. The quantitative estimate of drug-likeness (QED) is 0.592. The minimum Gasteiger partial charge on any atom is -0.454 e. The van der Waals surface area contributed by atoms with Gasteiger partial charge in [-0.3, -0.25) is 0 Å². The van der Waals surface area contributed by atoms with Crippen molar-refractivity contribution in [2.45, 2.75) is 64.2 Å². The molecule has 1 aromatic carbocycles. The van der Waals surface area contributed by atoms with Gasteiger partial charge in [-0.15, -0.1) is 0 Å². The van der Waals surface area contributed by atoms with Crippen LogP contribution < -0.4 is 0 Å². The summed E-state index contributed by atoms with van der Waals surface area (Å²) in [6.07, 6.45) is -0.783. The number of carbonyl (C=O) groups is 2. The molecule has 0 bridgehead atoms. The molecule has 3 aliphatic rings. The van der Waals surface area contributed by atoms with Crippen molar-refractivity contribution in [3.05, 3.63) is 42.0 Å². The van der Waals surface area contributed by atoms with Gasteiger partial charge in [-0.2, -0.15) is 0 Å². The van der Waals surface area contributed by atoms with E-state index in [0.717, 1.165) is 5.56 Å². The monoisotopic (exact) mass is 376 g/mol. The highest BCUT2D eigenvalue weighted by molar-refractivity contribution is 5.90. The van der Waals surface area contributed by atoms with Crippen LogP contribution in [0.5, 0.6) is 0 Å². The number of benzene rings is 1. The Kier molecular flexibility index (Phi) is 5.64. The van der Waals surface area contributed by atoms with Gasteiger partial charge in [-0.25, -0.2) is 9.59 Å². The van der Waals surface area contributed by atoms with E-state index >= 15 is 0 Å². The van der Waals surface area contributed by atoms with Crippen molar-refractivity contribution < 1.29 is 33.3 Å². The van der Waals surface area contributed by atoms with Crippen LogP contribution in [0.2, 0.25) is 0 Å². The molecular formula is C20H24O7. The lowest BCUT2D eigenvalue weighted by Crippen LogP contribution is -2.37. The Balaban J connectivity index is 0.00000102. The lowest BCUT2D eigenvalue weighted by molar-refractivity contribution is -0.216. The van der Waals surface area contributed by atoms with Crippen LogP contribution in [0.1, 0.15) is 33.3 Å². The molecule has 3 unspecified atom stereocenters. The summed E-state index contributed by atoms with van der Waals surface area (Å²) in [5.41, 5.74) is 0.849. The molecule has 7 nitrogen and oxygen atoms in total. The number of hydrogen-bond acceptors (Lipinski definition) is 7. The van der Waals surface area contributed by atoms with Crippen molar-refractivity contribution >= 4 is 18.0 Å². The van der Waals surface area contributed by atoms with Crippen LogP contribution >= 0.6 is 0 Å². The number of carbonyl (C=O) groups excluding carboxylic acids is 2. The highest BCUT2D eigenvalue weighted by Gasteiger charge is 2.64. The van der Waals surface area contributed by atoms with E-state index in [1.807, 2.05) is 44.2 Å². The first-order valence-electron chi connectivity index (χ1n) is 9.08. The number of ether oxygens (including phenoxy) is 5. The Labute approximate surface area is 158 Å². The molecule has 3 fully saturated rings. The maximum absolute atomic E-state index is 12.0. The molecular weight excluding hydrogens is 352 g/mol. The topological polar surface area (TPSA) is 80.3 Å². The fourth-order valence-corrected chi connectivity index (χ4v) is 3.23. The minimum absolute atomic E-state index is 0.521. The van der Waals surface area contributed by atoms with Crippen LogP contribution in [-0.4, -0.2) is 48.4 Å². The number of fused-ring (bicyclic) bond motifs is 3. The van der Waals surface area contributed by atoms with Gasteiger partial charge in [0.1, 0.15) is 6.10 Å². The van der Waals surface area contributed by atoms with Crippen molar-refractivity contribution in [2.75, 3.05) is 0 Å². The Bertz CT molecular complexity index is 712. The summed E-state index contributed by atoms with van der Waals surface area (Å²) < 4.78 is 27.6. The van der Waals surface area contributed by atoms with Crippen molar-refractivity contribution in [2.24, 2.45) is 0 Å². The zero-order chi connectivity index (χ0) is 19.6. The molecule has 146 valence electrons. The van der Waals surface area contributed by atoms with Gasteiger partial charge in [0.15, 0.2) is 24.3 Å². The molecule has 3 saturated heterocycles. The zero-order valence-electron chi connectivity index (χ0n) is 15.8. The summed E-state index contributed by atoms with van der Waals surface area (Å²) in [4.78, 5) is 24.1. The highest BCUT2D eigenvalue weighted by atomic mass is 16.8. The summed E-state index contributed by atoms with van der Waals surface area (Å²) >= 11 is 0. The molecule has 7 heteroatoms. The number of hydrogen-bond donors (Lipinski definition) is 0. The van der Waals surface area contributed by atoms with Crippen LogP contribution in [0.25, 0.3) is 6.08 Å². The van der Waals surface area contributed by atoms with E-state index in [9.17, 15) is 9.59 Å². The highest BCUT2D eigenvalue weighted by Crippen LogP contribution is 2.42. The molecule has 0 radical (unpaired) electrons. The molecule has 0 N–H and O–H groups in total. The molecule has 3 heterocycles. The Morgan fingerprint density at radius 3 is 2.48 bits per heavy atom. The summed E-state index contributed by atoms with van der Waals surface area (Å²) in [5, 5.41) is 0. The Morgan fingerprint density at radius 2 is 1.78 bits per heavy atom. The molecule has 1 aromatic rings. The van der Waals surface area contributed by atoms with Gasteiger partial charge in [0.2, 0.25) is 6.10 Å². The fraction of sp³-hybridized carbons (Fsp3) is 0.500. The van der Waals surface area contributed by atoms with Crippen LogP contribution in [0.15, 0.2) is 36.4 Å². The lowest BCUT2D eigenvalue weighted by Gasteiger charge is -2.21. The van der Waals surface area contributed by atoms with E-state index in [1.165, 1.54) is 6.08 Å². The number of rotatable bonds is 3. The smallest absolute Gasteiger partial charge is 0.350 e. The summed E-state index contributed by atoms with van der Waals surface area (Å²) in [7, 11) is 0. The maximum Gasteiger partial charge on any atom is 0.350 e. The molecule has 0 saturated carbocycles. The van der Waals surface area contributed by atoms with E-state index < -0.39 is 48.4 Å². The first-order chi connectivity index (χ1) is 12.9. The molecule has 3 aliphatic heterocycles. The van der Waals surface area contributed by atoms with E-state index in [4.69, 9.17) is 23.7 Å². The number of esters is 2. The predicted octanol–water partition coefficient (Wildman–Crippen LogP) is 2.44. The molecule has 0 spiro atoms. The van der Waals surface area contributed by atoms with E-state index in [1.54, 1.807) is 19.9 Å². The standard InChI is InChI=1S/C18H18O7.C2H6/c1-18(2)24-15-13-12(23-17(15)25-18)14(16(20)22-13)21-11(19)9-8-10-6-4-3-5-7-10;1-2/h3-9,12-15,17H,1-2H3;1-2H3/b9-8+;/t12-,13-,14?,15?,17?;/m0./s1. The van der Waals surface area contributed by atoms with Gasteiger partial charge in [0.25, 0.3) is 0 Å². The average Bonchev–Trinajstić information content (AvgIpc) is 3.23. The molecule has 0 amide bonds. The second-order valence-corrected chi connectivity index (χ2v) is 6.57. The van der Waals surface area contributed by atoms with Gasteiger partial charge in [-0.1, -0.05) is 44.2 Å². The predicted molar refractivity (Wildman–Crippen MR) is 95.3 cm³/mol. The third kappa shape index (κ3) is 4.05. The van der Waals surface area contributed by atoms with Crippen LogP contribution in [-0.2, 0) is 33.3 Å². The first kappa shape index (κ1) is 19.5. The molecule has 27 heavy (non-hydrogen) atoms. The SMILES string of the molecule is CC.CC1(C)OC2O[C@@H]3C(OC(=O)/C=C/c4ccccc4)C(=O)O[C@@H]3C2O1. The van der Waals surface area contributed by atoms with Crippen molar-refractivity contribution in [1.82, 2.24) is 0 Å². The van der Waals surface area contributed by atoms with Crippen molar-refractivity contribution in [3.63, 3.8) is 0 Å². The fourth-order valence-electron chi connectivity index (χ4n) is 3.23. The molecule has 0 aliphatic carbocycles. The molecule has 4 rings (SSSR count). The third-order valence-corrected chi connectivity index (χ3v) is 4.26. The van der Waals surface area contributed by atoms with E-state index in [-0.39, 0.29) is 0 Å². The lowest BCUT2D eigenvalue weighted by atomic mass is 10.1. The van der Waals surface area contributed by atoms with Crippen molar-refractivity contribution in [1.29, 1.82) is 0 Å². The molecule has 0 aromatic heterocycles. The van der Waals surface area contributed by atoms with Crippen molar-refractivity contribution in [3.8, 4) is 0 Å². The third-order valence-electron chi connectivity index (χ3n) is 4.26. The van der Waals surface area contributed by atoms with E-state index in [0.29, 0.717) is 0 Å². The van der Waals surface area contributed by atoms with Gasteiger partial charge in [0.05, 0.1) is 0 Å². The zero-order valence-corrected chi connectivity index (χ0v) is 15.8. The normalized spacial score (nSPS) is 33.0. The Hall–Kier alpha value is -2.22. The second kappa shape index (κ2) is 7.80. The average molecular weight is 376 g/mol. The van der Waals surface area contributed by atoms with Gasteiger partial charge >= 0.3 is 11.9 Å². The minimum atomic E-state index is -1.13. The van der Waals surface area contributed by atoms with Crippen LogP contribution in [0.4, 0.5) is 0 Å².